The first-order chi connectivity index (χ1) is 9.78. The van der Waals surface area contributed by atoms with Crippen LogP contribution in [0.25, 0.3) is 0 Å². The van der Waals surface area contributed by atoms with E-state index in [1.165, 1.54) is 19.3 Å². The van der Waals surface area contributed by atoms with Crippen LogP contribution in [0.1, 0.15) is 44.1 Å². The topological polar surface area (TPSA) is 35.0 Å². The summed E-state index contributed by atoms with van der Waals surface area (Å²) < 4.78 is 5.78. The molecule has 0 saturated carbocycles. The van der Waals surface area contributed by atoms with E-state index in [0.29, 0.717) is 5.88 Å². The average molecular weight is 270 g/mol. The molecule has 0 amide bonds. The monoisotopic (exact) mass is 270 g/mol. The summed E-state index contributed by atoms with van der Waals surface area (Å²) in [5, 5.41) is 0. The minimum atomic E-state index is 0.634. The van der Waals surface area contributed by atoms with Crippen molar-refractivity contribution in [2.75, 3.05) is 0 Å². The van der Waals surface area contributed by atoms with Gasteiger partial charge in [-0.15, -0.1) is 0 Å². The molecule has 106 valence electrons. The lowest BCUT2D eigenvalue weighted by molar-refractivity contribution is 0.456. The number of nitrogens with zero attached hydrogens (tertiary/aromatic N) is 2. The molecular formula is C17H22N2O. The van der Waals surface area contributed by atoms with Gasteiger partial charge < -0.3 is 4.74 Å². The number of hydrogen-bond acceptors (Lipinski definition) is 3. The summed E-state index contributed by atoms with van der Waals surface area (Å²) in [6.45, 7) is 4.20. The van der Waals surface area contributed by atoms with Crippen molar-refractivity contribution in [3.8, 4) is 11.6 Å². The van der Waals surface area contributed by atoms with E-state index < -0.39 is 0 Å². The molecule has 0 unspecified atom stereocenters. The largest absolute Gasteiger partial charge is 0.439 e. The molecule has 0 spiro atoms. The molecule has 1 heterocycles. The van der Waals surface area contributed by atoms with Crippen molar-refractivity contribution in [1.82, 2.24) is 9.97 Å². The highest BCUT2D eigenvalue weighted by molar-refractivity contribution is 5.27. The highest BCUT2D eigenvalue weighted by Crippen LogP contribution is 2.19. The summed E-state index contributed by atoms with van der Waals surface area (Å²) in [7, 11) is 0. The van der Waals surface area contributed by atoms with Crippen LogP contribution in [0.2, 0.25) is 0 Å². The van der Waals surface area contributed by atoms with E-state index in [9.17, 15) is 0 Å². The zero-order chi connectivity index (χ0) is 14.2. The van der Waals surface area contributed by atoms with Crippen LogP contribution in [-0.4, -0.2) is 9.97 Å². The van der Waals surface area contributed by atoms with E-state index in [1.54, 1.807) is 0 Å². The highest BCUT2D eigenvalue weighted by atomic mass is 16.5. The van der Waals surface area contributed by atoms with Gasteiger partial charge in [0.15, 0.2) is 0 Å². The van der Waals surface area contributed by atoms with E-state index in [1.807, 2.05) is 43.3 Å². The summed E-state index contributed by atoms with van der Waals surface area (Å²) in [6.07, 6.45) is 5.83. The maximum atomic E-state index is 5.78. The molecule has 0 aliphatic carbocycles. The van der Waals surface area contributed by atoms with Crippen molar-refractivity contribution >= 4 is 0 Å². The van der Waals surface area contributed by atoms with Gasteiger partial charge >= 0.3 is 0 Å². The number of aromatic nitrogens is 2. The van der Waals surface area contributed by atoms with Crippen molar-refractivity contribution in [2.45, 2.75) is 46.0 Å². The third-order valence-electron chi connectivity index (χ3n) is 3.10. The van der Waals surface area contributed by atoms with Gasteiger partial charge in [0.2, 0.25) is 5.88 Å². The molecule has 20 heavy (non-hydrogen) atoms. The fraction of sp³-hybridized carbons (Fsp3) is 0.412. The van der Waals surface area contributed by atoms with Crippen LogP contribution >= 0.6 is 0 Å². The lowest BCUT2D eigenvalue weighted by Crippen LogP contribution is -2.00. The molecule has 2 aromatic rings. The van der Waals surface area contributed by atoms with Crippen LogP contribution in [0.15, 0.2) is 36.4 Å². The first-order valence-electron chi connectivity index (χ1n) is 7.35. The molecule has 0 N–H and O–H groups in total. The van der Waals surface area contributed by atoms with Crippen LogP contribution < -0.4 is 4.74 Å². The van der Waals surface area contributed by atoms with Gasteiger partial charge in [0.05, 0.1) is 0 Å². The van der Waals surface area contributed by atoms with Crippen molar-refractivity contribution in [1.29, 1.82) is 0 Å². The molecule has 0 fully saturated rings. The normalized spacial score (nSPS) is 10.5. The highest BCUT2D eigenvalue weighted by Gasteiger charge is 2.04. The number of unbranched alkanes of at least 4 members (excludes halogenated alkanes) is 3. The summed E-state index contributed by atoms with van der Waals surface area (Å²) in [4.78, 5) is 8.98. The van der Waals surface area contributed by atoms with Gasteiger partial charge in [-0.2, -0.15) is 4.98 Å². The first-order valence-corrected chi connectivity index (χ1v) is 7.35. The van der Waals surface area contributed by atoms with Crippen molar-refractivity contribution in [2.24, 2.45) is 0 Å². The molecule has 0 bridgehead atoms. The second-order valence-corrected chi connectivity index (χ2v) is 4.99. The Hall–Kier alpha value is -1.90. The average Bonchev–Trinajstić information content (AvgIpc) is 2.44. The lowest BCUT2D eigenvalue weighted by atomic mass is 10.1. The summed E-state index contributed by atoms with van der Waals surface area (Å²) >= 11 is 0. The standard InChI is InChI=1S/C17H22N2O/c1-3-4-5-9-12-16-18-14(2)13-17(19-16)20-15-10-7-6-8-11-15/h6-8,10-11,13H,3-5,9,12H2,1-2H3. The van der Waals surface area contributed by atoms with E-state index in [4.69, 9.17) is 4.74 Å². The molecule has 0 saturated heterocycles. The Balaban J connectivity index is 2.01. The quantitative estimate of drug-likeness (QED) is 0.684. The predicted octanol–water partition coefficient (Wildman–Crippen LogP) is 4.70. The van der Waals surface area contributed by atoms with Crippen LogP contribution in [0.4, 0.5) is 0 Å². The van der Waals surface area contributed by atoms with Crippen LogP contribution in [0, 0.1) is 6.92 Å². The molecule has 0 radical (unpaired) electrons. The van der Waals surface area contributed by atoms with Gasteiger partial charge in [-0.3, -0.25) is 0 Å². The van der Waals surface area contributed by atoms with Crippen LogP contribution in [-0.2, 0) is 6.42 Å². The Labute approximate surface area is 121 Å². The molecule has 3 heteroatoms. The van der Waals surface area contributed by atoms with E-state index in [2.05, 4.69) is 16.9 Å². The van der Waals surface area contributed by atoms with Crippen molar-refractivity contribution in [3.05, 3.63) is 47.9 Å². The van der Waals surface area contributed by atoms with E-state index >= 15 is 0 Å². The number of hydrogen-bond donors (Lipinski definition) is 0. The fourth-order valence-corrected chi connectivity index (χ4v) is 2.08. The number of ether oxygens (including phenoxy) is 1. The fourth-order valence-electron chi connectivity index (χ4n) is 2.08. The number of aryl methyl sites for hydroxylation is 2. The molecule has 1 aromatic heterocycles. The second-order valence-electron chi connectivity index (χ2n) is 4.99. The van der Waals surface area contributed by atoms with Gasteiger partial charge in [-0.25, -0.2) is 4.98 Å². The van der Waals surface area contributed by atoms with Gasteiger partial charge in [0.1, 0.15) is 11.6 Å². The van der Waals surface area contributed by atoms with Gasteiger partial charge in [-0.1, -0.05) is 44.4 Å². The van der Waals surface area contributed by atoms with Crippen molar-refractivity contribution in [3.63, 3.8) is 0 Å². The summed E-state index contributed by atoms with van der Waals surface area (Å²) in [5.74, 6) is 2.32. The van der Waals surface area contributed by atoms with Gasteiger partial charge in [-0.05, 0) is 25.5 Å². The van der Waals surface area contributed by atoms with E-state index in [0.717, 1.165) is 30.1 Å². The summed E-state index contributed by atoms with van der Waals surface area (Å²) in [6, 6.07) is 11.6. The third kappa shape index (κ3) is 4.65. The Morgan fingerprint density at radius 3 is 2.55 bits per heavy atom. The summed E-state index contributed by atoms with van der Waals surface area (Å²) in [5.41, 5.74) is 0.955. The maximum absolute atomic E-state index is 5.78. The predicted molar refractivity (Wildman–Crippen MR) is 81.1 cm³/mol. The maximum Gasteiger partial charge on any atom is 0.222 e. The number of rotatable bonds is 7. The Morgan fingerprint density at radius 1 is 1.00 bits per heavy atom. The SMILES string of the molecule is CCCCCCc1nc(C)cc(Oc2ccccc2)n1. The molecule has 2 rings (SSSR count). The Morgan fingerprint density at radius 2 is 1.80 bits per heavy atom. The smallest absolute Gasteiger partial charge is 0.222 e. The van der Waals surface area contributed by atoms with Gasteiger partial charge in [0.25, 0.3) is 0 Å². The molecule has 0 atom stereocenters. The molecule has 3 nitrogen and oxygen atoms in total. The lowest BCUT2D eigenvalue weighted by Gasteiger charge is -2.07. The molecular weight excluding hydrogens is 248 g/mol. The number of para-hydroxylation sites is 1. The zero-order valence-corrected chi connectivity index (χ0v) is 12.3. The van der Waals surface area contributed by atoms with Crippen LogP contribution in [0.5, 0.6) is 11.6 Å². The Kier molecular flexibility index (Phi) is 5.54. The minimum absolute atomic E-state index is 0.634. The number of benzene rings is 1. The van der Waals surface area contributed by atoms with Crippen molar-refractivity contribution < 1.29 is 4.74 Å². The van der Waals surface area contributed by atoms with Gasteiger partial charge in [0, 0.05) is 18.2 Å². The van der Waals surface area contributed by atoms with Crippen LogP contribution in [0.3, 0.4) is 0 Å². The minimum Gasteiger partial charge on any atom is -0.439 e. The zero-order valence-electron chi connectivity index (χ0n) is 12.3. The molecule has 0 aliphatic heterocycles. The molecule has 0 aliphatic rings. The first kappa shape index (κ1) is 14.5. The molecule has 1 aromatic carbocycles. The Bertz CT molecular complexity index is 526. The van der Waals surface area contributed by atoms with E-state index in [-0.39, 0.29) is 0 Å². The second kappa shape index (κ2) is 7.63. The third-order valence-corrected chi connectivity index (χ3v) is 3.10.